The Morgan fingerprint density at radius 3 is 2.74 bits per heavy atom. The molecule has 1 atom stereocenters. The molecule has 3 nitrogen and oxygen atoms in total. The van der Waals surface area contributed by atoms with Crippen molar-refractivity contribution in [3.63, 3.8) is 0 Å². The zero-order valence-corrected chi connectivity index (χ0v) is 12.6. The number of aromatic nitrogens is 1. The van der Waals surface area contributed by atoms with Crippen LogP contribution in [0.2, 0.25) is 0 Å². The maximum Gasteiger partial charge on any atom is 0.184 e. The minimum absolute atomic E-state index is 0.238. The maximum absolute atomic E-state index is 13.1. The molecule has 2 rings (SSSR count). The predicted octanol–water partition coefficient (Wildman–Crippen LogP) is 3.43. The van der Waals surface area contributed by atoms with E-state index in [0.717, 1.165) is 21.9 Å². The maximum atomic E-state index is 13.1. The summed E-state index contributed by atoms with van der Waals surface area (Å²) >= 11 is 1.57. The summed E-state index contributed by atoms with van der Waals surface area (Å²) in [6, 6.07) is 5.07. The van der Waals surface area contributed by atoms with E-state index in [4.69, 9.17) is 0 Å². The molecule has 1 aromatic heterocycles. The first-order chi connectivity index (χ1) is 8.95. The first-order valence-corrected chi connectivity index (χ1v) is 7.24. The van der Waals surface area contributed by atoms with Gasteiger partial charge in [0, 0.05) is 18.7 Å². The summed E-state index contributed by atoms with van der Waals surface area (Å²) < 4.78 is 14.2. The van der Waals surface area contributed by atoms with Crippen LogP contribution in [0.4, 0.5) is 9.52 Å². The Hall–Kier alpha value is -1.20. The van der Waals surface area contributed by atoms with Crippen LogP contribution in [-0.4, -0.2) is 36.6 Å². The first-order valence-electron chi connectivity index (χ1n) is 6.43. The van der Waals surface area contributed by atoms with Crippen molar-refractivity contribution in [3.8, 4) is 0 Å². The number of halogens is 1. The lowest BCUT2D eigenvalue weighted by Gasteiger charge is -2.25. The van der Waals surface area contributed by atoms with Gasteiger partial charge in [-0.25, -0.2) is 9.37 Å². The van der Waals surface area contributed by atoms with E-state index in [2.05, 4.69) is 43.1 Å². The number of fused-ring (bicyclic) bond motifs is 1. The van der Waals surface area contributed by atoms with E-state index in [-0.39, 0.29) is 5.82 Å². The van der Waals surface area contributed by atoms with Gasteiger partial charge < -0.3 is 10.2 Å². The van der Waals surface area contributed by atoms with E-state index in [1.807, 2.05) is 0 Å². The molecule has 0 aliphatic heterocycles. The van der Waals surface area contributed by atoms with Crippen molar-refractivity contribution in [2.24, 2.45) is 5.92 Å². The zero-order valence-electron chi connectivity index (χ0n) is 11.8. The molecule has 0 spiro atoms. The summed E-state index contributed by atoms with van der Waals surface area (Å²) in [5.74, 6) is 0.268. The number of hydrogen-bond donors (Lipinski definition) is 1. The minimum atomic E-state index is -0.238. The molecular formula is C14H20FN3S. The number of hydrogen-bond acceptors (Lipinski definition) is 4. The van der Waals surface area contributed by atoms with E-state index >= 15 is 0 Å². The average Bonchev–Trinajstić information content (AvgIpc) is 2.68. The fraction of sp³-hybridized carbons (Fsp3) is 0.500. The van der Waals surface area contributed by atoms with Gasteiger partial charge in [0.25, 0.3) is 0 Å². The van der Waals surface area contributed by atoms with Crippen molar-refractivity contribution in [2.45, 2.75) is 19.9 Å². The van der Waals surface area contributed by atoms with Crippen molar-refractivity contribution in [3.05, 3.63) is 24.0 Å². The summed E-state index contributed by atoms with van der Waals surface area (Å²) in [6.07, 6.45) is 0. The van der Waals surface area contributed by atoms with Gasteiger partial charge in [0.15, 0.2) is 5.13 Å². The lowest BCUT2D eigenvalue weighted by Crippen LogP contribution is -2.36. The molecule has 19 heavy (non-hydrogen) atoms. The number of anilines is 1. The monoisotopic (exact) mass is 281 g/mol. The average molecular weight is 281 g/mol. The molecule has 1 aromatic carbocycles. The standard InChI is InChI=1S/C14H20FN3S/c1-9(2)12(8-18(3)4)17-14-16-11-7-10(15)5-6-13(11)19-14/h5-7,9,12H,8H2,1-4H3,(H,16,17). The molecule has 0 aliphatic carbocycles. The fourth-order valence-electron chi connectivity index (χ4n) is 1.94. The van der Waals surface area contributed by atoms with Crippen LogP contribution >= 0.6 is 11.3 Å². The molecule has 0 amide bonds. The van der Waals surface area contributed by atoms with Gasteiger partial charge in [-0.3, -0.25) is 0 Å². The largest absolute Gasteiger partial charge is 0.357 e. The predicted molar refractivity (Wildman–Crippen MR) is 80.4 cm³/mol. The molecule has 5 heteroatoms. The highest BCUT2D eigenvalue weighted by molar-refractivity contribution is 7.22. The Labute approximate surface area is 117 Å². The molecule has 1 unspecified atom stereocenters. The molecule has 0 saturated heterocycles. The summed E-state index contributed by atoms with van der Waals surface area (Å²) in [4.78, 5) is 6.61. The lowest BCUT2D eigenvalue weighted by atomic mass is 10.0. The van der Waals surface area contributed by atoms with E-state index in [1.54, 1.807) is 17.4 Å². The Morgan fingerprint density at radius 2 is 2.11 bits per heavy atom. The van der Waals surface area contributed by atoms with Gasteiger partial charge in [-0.2, -0.15) is 0 Å². The van der Waals surface area contributed by atoms with Crippen LogP contribution in [0.15, 0.2) is 18.2 Å². The summed E-state index contributed by atoms with van der Waals surface area (Å²) in [7, 11) is 4.12. The van der Waals surface area contributed by atoms with Crippen molar-refractivity contribution >= 4 is 26.7 Å². The molecule has 0 fully saturated rings. The van der Waals surface area contributed by atoms with Crippen LogP contribution in [0.25, 0.3) is 10.2 Å². The molecule has 1 heterocycles. The lowest BCUT2D eigenvalue weighted by molar-refractivity contribution is 0.344. The topological polar surface area (TPSA) is 28.2 Å². The smallest absolute Gasteiger partial charge is 0.184 e. The number of nitrogens with zero attached hydrogens (tertiary/aromatic N) is 2. The Kier molecular flexibility index (Phi) is 4.37. The Bertz CT molecular complexity index is 551. The summed E-state index contributed by atoms with van der Waals surface area (Å²) in [6.45, 7) is 5.32. The normalized spacial score (nSPS) is 13.4. The fourth-order valence-corrected chi connectivity index (χ4v) is 2.85. The van der Waals surface area contributed by atoms with Gasteiger partial charge >= 0.3 is 0 Å². The second kappa shape index (κ2) is 5.84. The number of benzene rings is 1. The van der Waals surface area contributed by atoms with Crippen LogP contribution < -0.4 is 5.32 Å². The van der Waals surface area contributed by atoms with Gasteiger partial charge in [-0.05, 0) is 32.1 Å². The van der Waals surface area contributed by atoms with E-state index < -0.39 is 0 Å². The van der Waals surface area contributed by atoms with Crippen molar-refractivity contribution in [1.82, 2.24) is 9.88 Å². The molecule has 0 radical (unpaired) electrons. The first kappa shape index (κ1) is 14.2. The zero-order chi connectivity index (χ0) is 14.0. The van der Waals surface area contributed by atoms with E-state index in [1.165, 1.54) is 12.1 Å². The SMILES string of the molecule is CC(C)C(CN(C)C)Nc1nc2cc(F)ccc2s1. The van der Waals surface area contributed by atoms with Crippen molar-refractivity contribution in [1.29, 1.82) is 0 Å². The van der Waals surface area contributed by atoms with Gasteiger partial charge in [-0.15, -0.1) is 0 Å². The molecule has 0 saturated carbocycles. The summed E-state index contributed by atoms with van der Waals surface area (Å²) in [5.41, 5.74) is 0.722. The van der Waals surface area contributed by atoms with E-state index in [9.17, 15) is 4.39 Å². The van der Waals surface area contributed by atoms with Crippen LogP contribution in [0, 0.1) is 11.7 Å². The third kappa shape index (κ3) is 3.64. The van der Waals surface area contributed by atoms with Gasteiger partial charge in [0.2, 0.25) is 0 Å². The highest BCUT2D eigenvalue weighted by Crippen LogP contribution is 2.27. The summed E-state index contributed by atoms with van der Waals surface area (Å²) in [5, 5.41) is 4.32. The second-order valence-electron chi connectivity index (χ2n) is 5.39. The van der Waals surface area contributed by atoms with Gasteiger partial charge in [0.05, 0.1) is 10.2 Å². The van der Waals surface area contributed by atoms with Gasteiger partial charge in [0.1, 0.15) is 5.82 Å². The number of likely N-dealkylation sites (N-methyl/N-ethyl adjacent to an activating group) is 1. The third-order valence-corrected chi connectivity index (χ3v) is 3.99. The molecule has 0 bridgehead atoms. The highest BCUT2D eigenvalue weighted by atomic mass is 32.1. The second-order valence-corrected chi connectivity index (χ2v) is 6.42. The van der Waals surface area contributed by atoms with Crippen LogP contribution in [0.1, 0.15) is 13.8 Å². The van der Waals surface area contributed by atoms with Crippen LogP contribution in [-0.2, 0) is 0 Å². The number of thiazole rings is 1. The molecular weight excluding hydrogens is 261 g/mol. The van der Waals surface area contributed by atoms with Crippen molar-refractivity contribution < 1.29 is 4.39 Å². The van der Waals surface area contributed by atoms with Gasteiger partial charge in [-0.1, -0.05) is 25.2 Å². The number of nitrogens with one attached hydrogen (secondary N) is 1. The molecule has 104 valence electrons. The van der Waals surface area contributed by atoms with Crippen LogP contribution in [0.3, 0.4) is 0 Å². The third-order valence-electron chi connectivity index (χ3n) is 3.03. The van der Waals surface area contributed by atoms with Crippen LogP contribution in [0.5, 0.6) is 0 Å². The highest BCUT2D eigenvalue weighted by Gasteiger charge is 2.16. The molecule has 1 N–H and O–H groups in total. The number of rotatable bonds is 5. The molecule has 0 aliphatic rings. The minimum Gasteiger partial charge on any atom is -0.357 e. The van der Waals surface area contributed by atoms with E-state index in [0.29, 0.717) is 12.0 Å². The Morgan fingerprint density at radius 1 is 1.37 bits per heavy atom. The van der Waals surface area contributed by atoms with Crippen molar-refractivity contribution in [2.75, 3.05) is 26.0 Å². The molecule has 2 aromatic rings. The Balaban J connectivity index is 2.19. The quantitative estimate of drug-likeness (QED) is 0.910.